The van der Waals surface area contributed by atoms with Crippen molar-refractivity contribution in [1.29, 1.82) is 0 Å². The van der Waals surface area contributed by atoms with Crippen LogP contribution < -0.4 is 10.2 Å². The van der Waals surface area contributed by atoms with E-state index < -0.39 is 0 Å². The lowest BCUT2D eigenvalue weighted by molar-refractivity contribution is 0.0983. The summed E-state index contributed by atoms with van der Waals surface area (Å²) in [6.45, 7) is 2.28. The molecule has 0 saturated carbocycles. The summed E-state index contributed by atoms with van der Waals surface area (Å²) in [6.07, 6.45) is 0. The summed E-state index contributed by atoms with van der Waals surface area (Å²) in [5.41, 5.74) is 0.845. The first-order valence-corrected chi connectivity index (χ1v) is 6.38. The molecule has 5 heteroatoms. The van der Waals surface area contributed by atoms with Gasteiger partial charge in [0.1, 0.15) is 17.3 Å². The largest absolute Gasteiger partial charge is 0.373 e. The maximum atomic E-state index is 13.3. The third-order valence-electron chi connectivity index (χ3n) is 2.91. The molecule has 0 bridgehead atoms. The van der Waals surface area contributed by atoms with Gasteiger partial charge in [0.2, 0.25) is 0 Å². The molecule has 1 aromatic carbocycles. The highest BCUT2D eigenvalue weighted by Crippen LogP contribution is 2.18. The van der Waals surface area contributed by atoms with Crippen LogP contribution in [0.3, 0.4) is 0 Å². The number of rotatable bonds is 4. The van der Waals surface area contributed by atoms with E-state index in [1.165, 1.54) is 17.0 Å². The molecule has 104 valence electrons. The number of nitrogens with zero attached hydrogens (tertiary/aromatic N) is 2. The molecule has 0 saturated heterocycles. The van der Waals surface area contributed by atoms with Gasteiger partial charge in [-0.2, -0.15) is 0 Å². The Morgan fingerprint density at radius 1 is 1.30 bits per heavy atom. The minimum absolute atomic E-state index is 0.254. The number of hydrogen-bond donors (Lipinski definition) is 1. The molecule has 1 aromatic heterocycles. The molecule has 0 atom stereocenters. The summed E-state index contributed by atoms with van der Waals surface area (Å²) in [5, 5.41) is 2.89. The number of pyridine rings is 1. The number of aromatic nitrogens is 1. The summed E-state index contributed by atoms with van der Waals surface area (Å²) < 4.78 is 13.3. The van der Waals surface area contributed by atoms with Crippen molar-refractivity contribution in [3.8, 4) is 0 Å². The number of anilines is 2. The fraction of sp³-hybridized carbons (Fsp3) is 0.200. The zero-order valence-corrected chi connectivity index (χ0v) is 11.4. The second kappa shape index (κ2) is 6.14. The molecular weight excluding hydrogens is 257 g/mol. The van der Waals surface area contributed by atoms with Crippen molar-refractivity contribution in [2.45, 2.75) is 6.92 Å². The van der Waals surface area contributed by atoms with E-state index in [1.807, 2.05) is 6.92 Å². The molecule has 0 spiro atoms. The minimum atomic E-state index is -0.370. The number of benzene rings is 1. The highest BCUT2D eigenvalue weighted by molar-refractivity contribution is 6.04. The van der Waals surface area contributed by atoms with Crippen molar-refractivity contribution in [3.63, 3.8) is 0 Å². The fourth-order valence-corrected chi connectivity index (χ4v) is 1.92. The van der Waals surface area contributed by atoms with E-state index in [-0.39, 0.29) is 11.7 Å². The van der Waals surface area contributed by atoms with Crippen LogP contribution in [0.15, 0.2) is 42.5 Å². The number of amides is 1. The molecule has 0 aliphatic rings. The van der Waals surface area contributed by atoms with E-state index in [0.29, 0.717) is 23.7 Å². The molecule has 1 heterocycles. The molecule has 0 aliphatic carbocycles. The average molecular weight is 273 g/mol. The number of hydrogen-bond acceptors (Lipinski definition) is 3. The smallest absolute Gasteiger partial charge is 0.276 e. The van der Waals surface area contributed by atoms with Crippen molar-refractivity contribution < 1.29 is 9.18 Å². The Labute approximate surface area is 117 Å². The molecule has 1 N–H and O–H groups in total. The highest BCUT2D eigenvalue weighted by Gasteiger charge is 2.17. The molecule has 0 unspecified atom stereocenters. The fourth-order valence-electron chi connectivity index (χ4n) is 1.92. The molecule has 0 radical (unpaired) electrons. The number of halogens is 1. The third kappa shape index (κ3) is 2.93. The number of nitrogens with one attached hydrogen (secondary N) is 1. The predicted molar refractivity (Wildman–Crippen MR) is 77.5 cm³/mol. The van der Waals surface area contributed by atoms with Crippen molar-refractivity contribution in [3.05, 3.63) is 54.0 Å². The van der Waals surface area contributed by atoms with E-state index in [4.69, 9.17) is 0 Å². The lowest BCUT2D eigenvalue weighted by atomic mass is 10.2. The molecule has 2 aromatic rings. The van der Waals surface area contributed by atoms with Gasteiger partial charge in [-0.1, -0.05) is 12.1 Å². The van der Waals surface area contributed by atoms with Crippen LogP contribution in [-0.4, -0.2) is 24.5 Å². The van der Waals surface area contributed by atoms with Crippen molar-refractivity contribution in [1.82, 2.24) is 4.98 Å². The van der Waals surface area contributed by atoms with Gasteiger partial charge in [-0.3, -0.25) is 4.79 Å². The van der Waals surface area contributed by atoms with E-state index in [0.717, 1.165) is 0 Å². The van der Waals surface area contributed by atoms with Gasteiger partial charge in [0.05, 0.1) is 0 Å². The normalized spacial score (nSPS) is 10.2. The summed E-state index contributed by atoms with van der Waals surface area (Å²) in [6, 6.07) is 11.1. The molecule has 2 rings (SSSR count). The van der Waals surface area contributed by atoms with Crippen LogP contribution in [0.5, 0.6) is 0 Å². The first-order chi connectivity index (χ1) is 9.65. The standard InChI is InChI=1S/C15H16FN3O/c1-3-19(12-7-4-6-11(16)10-12)15(20)13-8-5-9-14(17-2)18-13/h4-10H,3H2,1-2H3,(H,17,18). The van der Waals surface area contributed by atoms with Gasteiger partial charge in [-0.15, -0.1) is 0 Å². The van der Waals surface area contributed by atoms with Gasteiger partial charge >= 0.3 is 0 Å². The summed E-state index contributed by atoms with van der Waals surface area (Å²) in [4.78, 5) is 18.2. The van der Waals surface area contributed by atoms with E-state index in [1.54, 1.807) is 37.4 Å². The van der Waals surface area contributed by atoms with Gasteiger partial charge in [0.25, 0.3) is 5.91 Å². The van der Waals surface area contributed by atoms with Crippen molar-refractivity contribution in [2.24, 2.45) is 0 Å². The highest BCUT2D eigenvalue weighted by atomic mass is 19.1. The predicted octanol–water partition coefficient (Wildman–Crippen LogP) is 2.93. The zero-order chi connectivity index (χ0) is 14.5. The maximum absolute atomic E-state index is 13.3. The van der Waals surface area contributed by atoms with Crippen LogP contribution in [0.2, 0.25) is 0 Å². The number of carbonyl (C=O) groups excluding carboxylic acids is 1. The number of carbonyl (C=O) groups is 1. The van der Waals surface area contributed by atoms with Crippen LogP contribution in [0.4, 0.5) is 15.9 Å². The second-order valence-corrected chi connectivity index (χ2v) is 4.19. The summed E-state index contributed by atoms with van der Waals surface area (Å²) in [5.74, 6) is -0.00738. The summed E-state index contributed by atoms with van der Waals surface area (Å²) >= 11 is 0. The van der Waals surface area contributed by atoms with E-state index in [9.17, 15) is 9.18 Å². The van der Waals surface area contributed by atoms with Crippen LogP contribution in [0, 0.1) is 5.82 Å². The SMILES string of the molecule is CCN(C(=O)c1cccc(NC)n1)c1cccc(F)c1. The molecular formula is C15H16FN3O. The summed E-state index contributed by atoms with van der Waals surface area (Å²) in [7, 11) is 1.74. The first-order valence-electron chi connectivity index (χ1n) is 6.38. The third-order valence-corrected chi connectivity index (χ3v) is 2.91. The Morgan fingerprint density at radius 3 is 2.70 bits per heavy atom. The van der Waals surface area contributed by atoms with Gasteiger partial charge in [-0.05, 0) is 37.3 Å². The lowest BCUT2D eigenvalue weighted by Gasteiger charge is -2.20. The van der Waals surface area contributed by atoms with Crippen LogP contribution >= 0.6 is 0 Å². The van der Waals surface area contributed by atoms with E-state index >= 15 is 0 Å². The maximum Gasteiger partial charge on any atom is 0.276 e. The van der Waals surface area contributed by atoms with E-state index in [2.05, 4.69) is 10.3 Å². The zero-order valence-electron chi connectivity index (χ0n) is 11.4. The van der Waals surface area contributed by atoms with Crippen LogP contribution in [0.25, 0.3) is 0 Å². The Bertz CT molecular complexity index is 616. The molecule has 1 amide bonds. The van der Waals surface area contributed by atoms with Gasteiger partial charge in [0.15, 0.2) is 0 Å². The first kappa shape index (κ1) is 14.0. The van der Waals surface area contributed by atoms with Crippen LogP contribution in [-0.2, 0) is 0 Å². The molecule has 0 aliphatic heterocycles. The van der Waals surface area contributed by atoms with Gasteiger partial charge in [-0.25, -0.2) is 9.37 Å². The lowest BCUT2D eigenvalue weighted by Crippen LogP contribution is -2.31. The average Bonchev–Trinajstić information content (AvgIpc) is 2.48. The van der Waals surface area contributed by atoms with Crippen LogP contribution in [0.1, 0.15) is 17.4 Å². The van der Waals surface area contributed by atoms with Crippen molar-refractivity contribution >= 4 is 17.4 Å². The van der Waals surface area contributed by atoms with Gasteiger partial charge in [0, 0.05) is 19.3 Å². The molecule has 0 fully saturated rings. The Kier molecular flexibility index (Phi) is 4.30. The van der Waals surface area contributed by atoms with Gasteiger partial charge < -0.3 is 10.2 Å². The van der Waals surface area contributed by atoms with Crippen molar-refractivity contribution in [2.75, 3.05) is 23.8 Å². The topological polar surface area (TPSA) is 45.2 Å². The Hall–Kier alpha value is -2.43. The second-order valence-electron chi connectivity index (χ2n) is 4.19. The molecule has 20 heavy (non-hydrogen) atoms. The quantitative estimate of drug-likeness (QED) is 0.931. The Balaban J connectivity index is 2.33. The monoisotopic (exact) mass is 273 g/mol. The Morgan fingerprint density at radius 2 is 2.05 bits per heavy atom. The minimum Gasteiger partial charge on any atom is -0.373 e. The molecule has 4 nitrogen and oxygen atoms in total.